The van der Waals surface area contributed by atoms with E-state index in [0.717, 1.165) is 31.4 Å². The smallest absolute Gasteiger partial charge is 0.173 e. The molecule has 1 fully saturated rings. The standard InChI is InChI=1S/C14H19ClN2OS/c1-17(12-4-2-3-5-13(12)18)14(19)16-11-8-6-10(15)7-9-11/h6-9,12-13,18H,2-5H2,1H3,(H,16,19)/t12-,13-/m1/s1. The highest BCUT2D eigenvalue weighted by Crippen LogP contribution is 2.23. The van der Waals surface area contributed by atoms with Crippen LogP contribution in [-0.2, 0) is 0 Å². The molecule has 0 radical (unpaired) electrons. The van der Waals surface area contributed by atoms with Gasteiger partial charge in [0.1, 0.15) is 0 Å². The van der Waals surface area contributed by atoms with Crippen LogP contribution in [0.4, 0.5) is 5.69 Å². The molecule has 0 aromatic heterocycles. The summed E-state index contributed by atoms with van der Waals surface area (Å²) in [6.45, 7) is 0. The maximum Gasteiger partial charge on any atom is 0.173 e. The zero-order chi connectivity index (χ0) is 13.8. The Kier molecular flexibility index (Phi) is 5.02. The fourth-order valence-electron chi connectivity index (χ4n) is 2.44. The van der Waals surface area contributed by atoms with Crippen molar-refractivity contribution in [3.63, 3.8) is 0 Å². The number of nitrogens with one attached hydrogen (secondary N) is 1. The van der Waals surface area contributed by atoms with Crippen molar-refractivity contribution in [3.8, 4) is 0 Å². The van der Waals surface area contributed by atoms with Crippen LogP contribution in [0.1, 0.15) is 25.7 Å². The molecule has 0 spiro atoms. The van der Waals surface area contributed by atoms with Crippen LogP contribution < -0.4 is 5.32 Å². The third-order valence-electron chi connectivity index (χ3n) is 3.61. The SMILES string of the molecule is CN(C(=S)Nc1ccc(Cl)cc1)[C@@H]1CCCC[C@H]1O. The Morgan fingerprint density at radius 2 is 1.95 bits per heavy atom. The number of aliphatic hydroxyl groups is 1. The average molecular weight is 299 g/mol. The lowest BCUT2D eigenvalue weighted by molar-refractivity contribution is 0.0602. The van der Waals surface area contributed by atoms with Gasteiger partial charge in [-0.05, 0) is 49.3 Å². The van der Waals surface area contributed by atoms with Crippen molar-refractivity contribution in [3.05, 3.63) is 29.3 Å². The number of hydrogen-bond donors (Lipinski definition) is 2. The van der Waals surface area contributed by atoms with Crippen molar-refractivity contribution >= 4 is 34.6 Å². The number of aliphatic hydroxyl groups excluding tert-OH is 1. The highest BCUT2D eigenvalue weighted by atomic mass is 35.5. The van der Waals surface area contributed by atoms with E-state index in [1.165, 1.54) is 0 Å². The summed E-state index contributed by atoms with van der Waals surface area (Å²) in [6, 6.07) is 7.53. The molecule has 19 heavy (non-hydrogen) atoms. The van der Waals surface area contributed by atoms with Crippen molar-refractivity contribution in [1.82, 2.24) is 4.90 Å². The first-order valence-corrected chi connectivity index (χ1v) is 7.34. The number of halogens is 1. The Balaban J connectivity index is 1.96. The Labute approximate surface area is 124 Å². The van der Waals surface area contributed by atoms with Gasteiger partial charge in [0, 0.05) is 17.8 Å². The molecule has 1 aromatic carbocycles. The summed E-state index contributed by atoms with van der Waals surface area (Å²) >= 11 is 11.2. The van der Waals surface area contributed by atoms with Crippen LogP contribution in [0.15, 0.2) is 24.3 Å². The molecule has 1 saturated carbocycles. The molecule has 3 nitrogen and oxygen atoms in total. The second-order valence-corrected chi connectivity index (χ2v) is 5.79. The quantitative estimate of drug-likeness (QED) is 0.822. The second kappa shape index (κ2) is 6.55. The fraction of sp³-hybridized carbons (Fsp3) is 0.500. The molecule has 0 bridgehead atoms. The predicted octanol–water partition coefficient (Wildman–Crippen LogP) is 3.27. The molecule has 0 amide bonds. The predicted molar refractivity (Wildman–Crippen MR) is 83.7 cm³/mol. The third kappa shape index (κ3) is 3.81. The third-order valence-corrected chi connectivity index (χ3v) is 4.25. The summed E-state index contributed by atoms with van der Waals surface area (Å²) in [4.78, 5) is 1.97. The second-order valence-electron chi connectivity index (χ2n) is 4.97. The summed E-state index contributed by atoms with van der Waals surface area (Å²) < 4.78 is 0. The molecule has 2 rings (SSSR count). The zero-order valence-electron chi connectivity index (χ0n) is 11.0. The van der Waals surface area contributed by atoms with E-state index in [0.29, 0.717) is 10.1 Å². The van der Waals surface area contributed by atoms with Crippen LogP contribution in [0.3, 0.4) is 0 Å². The van der Waals surface area contributed by atoms with Crippen LogP contribution in [0.5, 0.6) is 0 Å². The van der Waals surface area contributed by atoms with E-state index < -0.39 is 0 Å². The van der Waals surface area contributed by atoms with E-state index >= 15 is 0 Å². The number of nitrogens with zero attached hydrogens (tertiary/aromatic N) is 1. The molecular formula is C14H19ClN2OS. The van der Waals surface area contributed by atoms with Gasteiger partial charge in [-0.25, -0.2) is 0 Å². The highest BCUT2D eigenvalue weighted by Gasteiger charge is 2.27. The maximum absolute atomic E-state index is 10.0. The van der Waals surface area contributed by atoms with E-state index in [1.54, 1.807) is 0 Å². The lowest BCUT2D eigenvalue weighted by Crippen LogP contribution is -2.47. The van der Waals surface area contributed by atoms with Crippen LogP contribution >= 0.6 is 23.8 Å². The minimum absolute atomic E-state index is 0.112. The summed E-state index contributed by atoms with van der Waals surface area (Å²) in [7, 11) is 1.93. The number of benzene rings is 1. The van der Waals surface area contributed by atoms with Crippen molar-refractivity contribution in [2.75, 3.05) is 12.4 Å². The van der Waals surface area contributed by atoms with E-state index in [9.17, 15) is 5.11 Å². The van der Waals surface area contributed by atoms with Gasteiger partial charge in [-0.1, -0.05) is 24.4 Å². The number of rotatable bonds is 2. The minimum Gasteiger partial charge on any atom is -0.391 e. The number of thiocarbonyl (C=S) groups is 1. The molecule has 104 valence electrons. The zero-order valence-corrected chi connectivity index (χ0v) is 12.5. The van der Waals surface area contributed by atoms with E-state index in [1.807, 2.05) is 36.2 Å². The van der Waals surface area contributed by atoms with Gasteiger partial charge >= 0.3 is 0 Å². The average Bonchev–Trinajstić information content (AvgIpc) is 2.41. The van der Waals surface area contributed by atoms with Gasteiger partial charge in [0.2, 0.25) is 0 Å². The van der Waals surface area contributed by atoms with Gasteiger partial charge in [-0.3, -0.25) is 0 Å². The molecule has 2 N–H and O–H groups in total. The summed E-state index contributed by atoms with van der Waals surface area (Å²) in [5.41, 5.74) is 0.909. The maximum atomic E-state index is 10.0. The van der Waals surface area contributed by atoms with Crippen LogP contribution in [-0.4, -0.2) is 34.3 Å². The molecule has 0 heterocycles. The van der Waals surface area contributed by atoms with Gasteiger partial charge in [0.05, 0.1) is 12.1 Å². The molecule has 1 aromatic rings. The monoisotopic (exact) mass is 298 g/mol. The molecular weight excluding hydrogens is 280 g/mol. The van der Waals surface area contributed by atoms with Crippen LogP contribution in [0.2, 0.25) is 5.02 Å². The Morgan fingerprint density at radius 1 is 1.32 bits per heavy atom. The minimum atomic E-state index is -0.288. The van der Waals surface area contributed by atoms with E-state index in [4.69, 9.17) is 23.8 Å². The van der Waals surface area contributed by atoms with Gasteiger partial charge in [-0.2, -0.15) is 0 Å². The molecule has 0 saturated heterocycles. The van der Waals surface area contributed by atoms with E-state index in [-0.39, 0.29) is 12.1 Å². The highest BCUT2D eigenvalue weighted by molar-refractivity contribution is 7.80. The topological polar surface area (TPSA) is 35.5 Å². The van der Waals surface area contributed by atoms with Gasteiger partial charge in [0.15, 0.2) is 5.11 Å². The van der Waals surface area contributed by atoms with Gasteiger partial charge in [-0.15, -0.1) is 0 Å². The van der Waals surface area contributed by atoms with Gasteiger partial charge < -0.3 is 15.3 Å². The normalized spacial score (nSPS) is 22.9. The fourth-order valence-corrected chi connectivity index (χ4v) is 2.82. The van der Waals surface area contributed by atoms with Crippen molar-refractivity contribution in [2.24, 2.45) is 0 Å². The van der Waals surface area contributed by atoms with Crippen molar-refractivity contribution in [1.29, 1.82) is 0 Å². The summed E-state index contributed by atoms with van der Waals surface area (Å²) in [6.07, 6.45) is 3.81. The first kappa shape index (κ1) is 14.6. The number of likely N-dealkylation sites (N-methyl/N-ethyl adjacent to an activating group) is 1. The first-order valence-electron chi connectivity index (χ1n) is 6.55. The molecule has 5 heteroatoms. The Morgan fingerprint density at radius 3 is 2.58 bits per heavy atom. The molecule has 1 aliphatic rings. The summed E-state index contributed by atoms with van der Waals surface area (Å²) in [5.74, 6) is 0. The lowest BCUT2D eigenvalue weighted by Gasteiger charge is -2.36. The van der Waals surface area contributed by atoms with E-state index in [2.05, 4.69) is 5.32 Å². The Bertz CT molecular complexity index is 438. The van der Waals surface area contributed by atoms with Crippen LogP contribution in [0.25, 0.3) is 0 Å². The van der Waals surface area contributed by atoms with Crippen molar-refractivity contribution < 1.29 is 5.11 Å². The molecule has 2 atom stereocenters. The first-order chi connectivity index (χ1) is 9.08. The van der Waals surface area contributed by atoms with Crippen LogP contribution in [0, 0.1) is 0 Å². The molecule has 0 unspecified atom stereocenters. The van der Waals surface area contributed by atoms with Gasteiger partial charge in [0.25, 0.3) is 0 Å². The Hall–Kier alpha value is -0.840. The largest absolute Gasteiger partial charge is 0.391 e. The number of hydrogen-bond acceptors (Lipinski definition) is 2. The molecule has 1 aliphatic carbocycles. The lowest BCUT2D eigenvalue weighted by atomic mass is 9.92. The van der Waals surface area contributed by atoms with Crippen molar-refractivity contribution in [2.45, 2.75) is 37.8 Å². The number of anilines is 1. The summed E-state index contributed by atoms with van der Waals surface area (Å²) in [5, 5.41) is 14.6. The molecule has 0 aliphatic heterocycles.